The molecule has 3 heterocycles. The van der Waals surface area contributed by atoms with E-state index in [1.807, 2.05) is 0 Å². The van der Waals surface area contributed by atoms with Crippen molar-refractivity contribution in [2.75, 3.05) is 0 Å². The lowest BCUT2D eigenvalue weighted by Crippen LogP contribution is -2.14. The summed E-state index contributed by atoms with van der Waals surface area (Å²) in [5.74, 6) is -0.131. The highest BCUT2D eigenvalue weighted by Gasteiger charge is 2.25. The predicted molar refractivity (Wildman–Crippen MR) is 52.7 cm³/mol. The molecule has 0 fully saturated rings. The largest absolute Gasteiger partial charge is 0.525 e. The van der Waals surface area contributed by atoms with E-state index < -0.39 is 12.3 Å². The summed E-state index contributed by atoms with van der Waals surface area (Å²) in [4.78, 5) is 29.9. The van der Waals surface area contributed by atoms with Crippen LogP contribution in [-0.2, 0) is 4.74 Å². The van der Waals surface area contributed by atoms with Gasteiger partial charge >= 0.3 is 12.3 Å². The molecule has 3 rings (SSSR count). The number of carbonyl (C=O) groups excluding carboxylic acids is 2. The van der Waals surface area contributed by atoms with E-state index in [2.05, 4.69) is 19.4 Å². The van der Waals surface area contributed by atoms with Crippen molar-refractivity contribution in [3.8, 4) is 11.6 Å². The standard InChI is InChI=1S/C10H4N2O5/c13-9-15-6-4-5-2-1-3-11-7(5)12-8(6)16-10(14)17-9/h1-4H. The van der Waals surface area contributed by atoms with E-state index in [1.54, 1.807) is 18.3 Å². The average molecular weight is 232 g/mol. The van der Waals surface area contributed by atoms with E-state index in [0.29, 0.717) is 11.0 Å². The topological polar surface area (TPSA) is 87.6 Å². The molecule has 0 aliphatic carbocycles. The molecule has 0 N–H and O–H groups in total. The van der Waals surface area contributed by atoms with Gasteiger partial charge in [-0.3, -0.25) is 0 Å². The number of rotatable bonds is 0. The van der Waals surface area contributed by atoms with Gasteiger partial charge in [0.25, 0.3) is 5.88 Å². The van der Waals surface area contributed by atoms with Gasteiger partial charge in [-0.1, -0.05) is 0 Å². The zero-order chi connectivity index (χ0) is 11.8. The Morgan fingerprint density at radius 2 is 1.88 bits per heavy atom. The highest BCUT2D eigenvalue weighted by molar-refractivity contribution is 5.85. The molecule has 0 bridgehead atoms. The Labute approximate surface area is 93.9 Å². The van der Waals surface area contributed by atoms with Crippen molar-refractivity contribution >= 4 is 23.3 Å². The van der Waals surface area contributed by atoms with Crippen LogP contribution in [0.3, 0.4) is 0 Å². The Morgan fingerprint density at radius 1 is 1.06 bits per heavy atom. The first kappa shape index (κ1) is 9.52. The maximum atomic E-state index is 11.0. The van der Waals surface area contributed by atoms with Gasteiger partial charge in [0, 0.05) is 11.6 Å². The SMILES string of the molecule is O=C1OC(=O)Oc2nc3ncccc3cc2O1. The third kappa shape index (κ3) is 1.63. The molecule has 2 aromatic rings. The smallest absolute Gasteiger partial charge is 0.389 e. The van der Waals surface area contributed by atoms with E-state index in [1.165, 1.54) is 6.07 Å². The molecule has 0 saturated carbocycles. The van der Waals surface area contributed by atoms with Gasteiger partial charge in [0.2, 0.25) is 0 Å². The molecule has 7 nitrogen and oxygen atoms in total. The molecule has 1 aliphatic heterocycles. The quantitative estimate of drug-likeness (QED) is 0.504. The molecular weight excluding hydrogens is 228 g/mol. The molecule has 0 unspecified atom stereocenters. The highest BCUT2D eigenvalue weighted by Crippen LogP contribution is 2.30. The molecule has 0 saturated heterocycles. The van der Waals surface area contributed by atoms with Crippen molar-refractivity contribution in [1.29, 1.82) is 0 Å². The predicted octanol–water partition coefficient (Wildman–Crippen LogP) is 1.66. The number of pyridine rings is 2. The van der Waals surface area contributed by atoms with Crippen molar-refractivity contribution in [2.24, 2.45) is 0 Å². The van der Waals surface area contributed by atoms with Crippen molar-refractivity contribution < 1.29 is 23.8 Å². The van der Waals surface area contributed by atoms with Crippen LogP contribution in [0.1, 0.15) is 0 Å². The Kier molecular flexibility index (Phi) is 1.91. The fourth-order valence-corrected chi connectivity index (χ4v) is 1.39. The number of hydrogen-bond donors (Lipinski definition) is 0. The molecule has 17 heavy (non-hydrogen) atoms. The molecule has 0 radical (unpaired) electrons. The number of hydrogen-bond acceptors (Lipinski definition) is 7. The number of cyclic esters (lactones) is 2. The molecule has 2 aromatic heterocycles. The third-order valence-electron chi connectivity index (χ3n) is 2.06. The van der Waals surface area contributed by atoms with E-state index in [-0.39, 0.29) is 11.6 Å². The first-order valence-corrected chi connectivity index (χ1v) is 4.59. The van der Waals surface area contributed by atoms with Crippen LogP contribution in [0.2, 0.25) is 0 Å². The van der Waals surface area contributed by atoms with Gasteiger partial charge in [-0.2, -0.15) is 4.98 Å². The van der Waals surface area contributed by atoms with E-state index >= 15 is 0 Å². The zero-order valence-electron chi connectivity index (χ0n) is 8.25. The molecule has 0 aromatic carbocycles. The maximum Gasteiger partial charge on any atom is 0.525 e. The van der Waals surface area contributed by atoms with E-state index in [9.17, 15) is 9.59 Å². The maximum absolute atomic E-state index is 11.0. The summed E-state index contributed by atoms with van der Waals surface area (Å²) >= 11 is 0. The van der Waals surface area contributed by atoms with Gasteiger partial charge < -0.3 is 14.2 Å². The second-order valence-corrected chi connectivity index (χ2v) is 3.15. The molecule has 7 heteroatoms. The van der Waals surface area contributed by atoms with Crippen molar-refractivity contribution in [2.45, 2.75) is 0 Å². The lowest BCUT2D eigenvalue weighted by Gasteiger charge is -2.02. The van der Waals surface area contributed by atoms with Crippen LogP contribution in [0.15, 0.2) is 24.4 Å². The minimum Gasteiger partial charge on any atom is -0.389 e. The normalized spacial score (nSPS) is 14.4. The van der Waals surface area contributed by atoms with Crippen LogP contribution in [0.4, 0.5) is 9.59 Å². The Morgan fingerprint density at radius 3 is 2.76 bits per heavy atom. The van der Waals surface area contributed by atoms with Gasteiger partial charge in [-0.15, -0.1) is 0 Å². The van der Waals surface area contributed by atoms with Crippen molar-refractivity contribution in [3.63, 3.8) is 0 Å². The van der Waals surface area contributed by atoms with Gasteiger partial charge in [0.1, 0.15) is 0 Å². The Hall–Kier alpha value is -2.70. The van der Waals surface area contributed by atoms with E-state index in [0.717, 1.165) is 0 Å². The summed E-state index contributed by atoms with van der Waals surface area (Å²) in [5, 5.41) is 0.650. The van der Waals surface area contributed by atoms with Crippen LogP contribution in [0, 0.1) is 0 Å². The summed E-state index contributed by atoms with van der Waals surface area (Å²) in [6.07, 6.45) is -0.793. The minimum atomic E-state index is -1.18. The van der Waals surface area contributed by atoms with Crippen LogP contribution in [-0.4, -0.2) is 22.3 Å². The first-order valence-electron chi connectivity index (χ1n) is 4.59. The lowest BCUT2D eigenvalue weighted by atomic mass is 10.3. The summed E-state index contributed by atoms with van der Waals surface area (Å²) in [6, 6.07) is 4.93. The van der Waals surface area contributed by atoms with Gasteiger partial charge in [-0.25, -0.2) is 14.6 Å². The second-order valence-electron chi connectivity index (χ2n) is 3.15. The van der Waals surface area contributed by atoms with E-state index in [4.69, 9.17) is 4.74 Å². The average Bonchev–Trinajstić information content (AvgIpc) is 2.42. The summed E-state index contributed by atoms with van der Waals surface area (Å²) in [5.41, 5.74) is 0.372. The van der Waals surface area contributed by atoms with Crippen LogP contribution >= 0.6 is 0 Å². The molecule has 0 amide bonds. The number of ether oxygens (including phenoxy) is 3. The van der Waals surface area contributed by atoms with Gasteiger partial charge in [0.05, 0.1) is 0 Å². The second kappa shape index (κ2) is 3.41. The highest BCUT2D eigenvalue weighted by atomic mass is 16.8. The molecule has 0 spiro atoms. The van der Waals surface area contributed by atoms with Crippen LogP contribution < -0.4 is 9.47 Å². The first-order chi connectivity index (χ1) is 8.22. The van der Waals surface area contributed by atoms with Gasteiger partial charge in [-0.05, 0) is 18.2 Å². The molecular formula is C10H4N2O5. The third-order valence-corrected chi connectivity index (χ3v) is 2.06. The van der Waals surface area contributed by atoms with Crippen molar-refractivity contribution in [1.82, 2.24) is 9.97 Å². The van der Waals surface area contributed by atoms with Crippen LogP contribution in [0.25, 0.3) is 11.0 Å². The summed E-state index contributed by atoms with van der Waals surface area (Å²) < 4.78 is 13.6. The fourth-order valence-electron chi connectivity index (χ4n) is 1.39. The number of carbonyl (C=O) groups is 2. The summed E-state index contributed by atoms with van der Waals surface area (Å²) in [7, 11) is 0. The monoisotopic (exact) mass is 232 g/mol. The minimum absolute atomic E-state index is 0.0151. The van der Waals surface area contributed by atoms with Crippen LogP contribution in [0.5, 0.6) is 11.6 Å². The molecule has 1 aliphatic rings. The Bertz CT molecular complexity index is 585. The summed E-state index contributed by atoms with van der Waals surface area (Å²) in [6.45, 7) is 0. The van der Waals surface area contributed by atoms with Crippen molar-refractivity contribution in [3.05, 3.63) is 24.4 Å². The molecule has 0 atom stereocenters. The zero-order valence-corrected chi connectivity index (χ0v) is 8.25. The Balaban J connectivity index is 2.21. The van der Waals surface area contributed by atoms with Gasteiger partial charge in [0.15, 0.2) is 11.4 Å². The fraction of sp³-hybridized carbons (Fsp3) is 0. The molecule has 84 valence electrons. The number of nitrogens with zero attached hydrogens (tertiary/aromatic N) is 2. The number of fused-ring (bicyclic) bond motifs is 2. The lowest BCUT2D eigenvalue weighted by molar-refractivity contribution is 0.0994. The number of aromatic nitrogens is 2.